The molecule has 1 rings (SSSR count). The molecule has 1 saturated heterocycles. The second kappa shape index (κ2) is 7.86. The zero-order valence-electron chi connectivity index (χ0n) is 11.8. The lowest BCUT2D eigenvalue weighted by molar-refractivity contribution is 0.0547. The van der Waals surface area contributed by atoms with Crippen LogP contribution in [0.15, 0.2) is 11.9 Å². The predicted molar refractivity (Wildman–Crippen MR) is 84.9 cm³/mol. The second-order valence-electron chi connectivity index (χ2n) is 4.19. The molecule has 1 aliphatic heterocycles. The number of rotatable bonds is 7. The van der Waals surface area contributed by atoms with E-state index in [4.69, 9.17) is 34.6 Å². The molecule has 4 atom stereocenters. The van der Waals surface area contributed by atoms with Gasteiger partial charge in [0, 0.05) is 33.6 Å². The molecule has 0 bridgehead atoms. The molecule has 0 aromatic carbocycles. The van der Waals surface area contributed by atoms with E-state index in [1.807, 2.05) is 6.92 Å². The molecule has 1 unspecified atom stereocenters. The SMILES string of the molecule is COP(=O)(/C=C/[C@H]1O[C@@H](C)C[C@@H]1OP(=S)(S)OC)OC. The zero-order chi connectivity index (χ0) is 15.4. The van der Waals surface area contributed by atoms with Gasteiger partial charge in [0.1, 0.15) is 6.10 Å². The molecule has 0 aromatic rings. The van der Waals surface area contributed by atoms with Crippen molar-refractivity contribution in [1.82, 2.24) is 0 Å². The zero-order valence-corrected chi connectivity index (χ0v) is 15.3. The van der Waals surface area contributed by atoms with Crippen LogP contribution in [0, 0.1) is 0 Å². The molecule has 0 aromatic heterocycles. The minimum Gasteiger partial charge on any atom is -0.368 e. The van der Waals surface area contributed by atoms with Gasteiger partial charge < -0.3 is 22.8 Å². The normalized spacial score (nSPS) is 30.8. The van der Waals surface area contributed by atoms with Crippen molar-refractivity contribution >= 4 is 37.3 Å². The van der Waals surface area contributed by atoms with Crippen LogP contribution < -0.4 is 0 Å². The Kier molecular flexibility index (Phi) is 7.39. The van der Waals surface area contributed by atoms with E-state index in [0.717, 1.165) is 0 Å². The fourth-order valence-electron chi connectivity index (χ4n) is 1.75. The van der Waals surface area contributed by atoms with Crippen molar-refractivity contribution in [3.05, 3.63) is 11.9 Å². The summed E-state index contributed by atoms with van der Waals surface area (Å²) >= 11 is 9.31. The fraction of sp³-hybridized carbons (Fsp3) is 0.800. The van der Waals surface area contributed by atoms with E-state index in [9.17, 15) is 4.57 Å². The summed E-state index contributed by atoms with van der Waals surface area (Å²) in [4.78, 5) is 0. The summed E-state index contributed by atoms with van der Waals surface area (Å²) < 4.78 is 38.0. The molecule has 1 heterocycles. The molecule has 6 nitrogen and oxygen atoms in total. The average molecular weight is 362 g/mol. The van der Waals surface area contributed by atoms with Gasteiger partial charge in [-0.2, -0.15) is 0 Å². The first kappa shape index (κ1) is 18.8. The van der Waals surface area contributed by atoms with Crippen LogP contribution in [0.25, 0.3) is 0 Å². The third kappa shape index (κ3) is 5.52. The third-order valence-electron chi connectivity index (χ3n) is 2.79. The van der Waals surface area contributed by atoms with Crippen LogP contribution in [-0.2, 0) is 39.2 Å². The van der Waals surface area contributed by atoms with Crippen molar-refractivity contribution < 1.29 is 27.4 Å². The molecule has 0 radical (unpaired) electrons. The molecule has 0 spiro atoms. The smallest absolute Gasteiger partial charge is 0.353 e. The Morgan fingerprint density at radius 2 is 1.90 bits per heavy atom. The van der Waals surface area contributed by atoms with Crippen LogP contribution in [0.5, 0.6) is 0 Å². The first-order valence-electron chi connectivity index (χ1n) is 5.88. The molecular weight excluding hydrogens is 342 g/mol. The molecule has 118 valence electrons. The quantitative estimate of drug-likeness (QED) is 0.550. The van der Waals surface area contributed by atoms with Crippen LogP contribution in [0.2, 0.25) is 0 Å². The van der Waals surface area contributed by atoms with Gasteiger partial charge in [-0.1, -0.05) is 12.2 Å². The molecule has 1 fully saturated rings. The van der Waals surface area contributed by atoms with Crippen molar-refractivity contribution in [3.63, 3.8) is 0 Å². The van der Waals surface area contributed by atoms with Gasteiger partial charge in [-0.15, -0.1) is 0 Å². The lowest BCUT2D eigenvalue weighted by Gasteiger charge is -2.21. The first-order chi connectivity index (χ1) is 9.25. The Morgan fingerprint density at radius 3 is 2.40 bits per heavy atom. The predicted octanol–water partition coefficient (Wildman–Crippen LogP) is 3.35. The summed E-state index contributed by atoms with van der Waals surface area (Å²) in [6.45, 7) is 1.92. The largest absolute Gasteiger partial charge is 0.368 e. The highest BCUT2D eigenvalue weighted by atomic mass is 32.9. The lowest BCUT2D eigenvalue weighted by atomic mass is 10.1. The highest BCUT2D eigenvalue weighted by Gasteiger charge is 2.36. The van der Waals surface area contributed by atoms with E-state index in [1.165, 1.54) is 27.1 Å². The molecule has 20 heavy (non-hydrogen) atoms. The minimum atomic E-state index is -3.22. The van der Waals surface area contributed by atoms with Crippen LogP contribution in [0.1, 0.15) is 13.3 Å². The number of hydrogen-bond donors (Lipinski definition) is 1. The Labute approximate surface area is 130 Å². The van der Waals surface area contributed by atoms with Crippen LogP contribution in [0.3, 0.4) is 0 Å². The standard InChI is InChI=1S/C10H20O6P2S2/c1-8-7-10(16-18(19,20)14-4)9(15-8)5-6-17(11,12-2)13-3/h5-6,8-10H,7H2,1-4H3,(H,19,20)/b6-5+/t8-,9+,10-/m0/s1. The Hall–Kier alpha value is 0.770. The van der Waals surface area contributed by atoms with Crippen molar-refractivity contribution in [3.8, 4) is 0 Å². The topological polar surface area (TPSA) is 63.2 Å². The molecule has 0 N–H and O–H groups in total. The molecule has 0 saturated carbocycles. The van der Waals surface area contributed by atoms with Gasteiger partial charge in [0.2, 0.25) is 5.69 Å². The lowest BCUT2D eigenvalue weighted by Crippen LogP contribution is -2.20. The van der Waals surface area contributed by atoms with Gasteiger partial charge in [0.25, 0.3) is 0 Å². The molecule has 1 aliphatic rings. The van der Waals surface area contributed by atoms with E-state index >= 15 is 0 Å². The first-order valence-corrected chi connectivity index (χ1v) is 11.3. The van der Waals surface area contributed by atoms with Gasteiger partial charge >= 0.3 is 7.60 Å². The molecule has 0 aliphatic carbocycles. The Balaban J connectivity index is 2.79. The van der Waals surface area contributed by atoms with E-state index in [-0.39, 0.29) is 12.2 Å². The molecular formula is C10H20O6P2S2. The summed E-state index contributed by atoms with van der Waals surface area (Å²) in [5.41, 5.74) is -2.58. The van der Waals surface area contributed by atoms with E-state index in [1.54, 1.807) is 6.08 Å². The van der Waals surface area contributed by atoms with E-state index in [0.29, 0.717) is 6.42 Å². The van der Waals surface area contributed by atoms with Crippen LogP contribution >= 0.6 is 25.5 Å². The summed E-state index contributed by atoms with van der Waals surface area (Å²) in [6.07, 6.45) is 1.57. The second-order valence-corrected chi connectivity index (χ2v) is 11.6. The summed E-state index contributed by atoms with van der Waals surface area (Å²) in [5.74, 6) is 1.36. The van der Waals surface area contributed by atoms with Crippen molar-refractivity contribution in [1.29, 1.82) is 0 Å². The summed E-state index contributed by atoms with van der Waals surface area (Å²) in [7, 11) is 0.876. The highest BCUT2D eigenvalue weighted by molar-refractivity contribution is 8.60. The van der Waals surface area contributed by atoms with Crippen molar-refractivity contribution in [2.75, 3.05) is 21.3 Å². The number of ether oxygens (including phenoxy) is 1. The van der Waals surface area contributed by atoms with Crippen molar-refractivity contribution in [2.24, 2.45) is 0 Å². The van der Waals surface area contributed by atoms with E-state index < -0.39 is 19.4 Å². The fourth-order valence-corrected chi connectivity index (χ4v) is 3.85. The Morgan fingerprint density at radius 1 is 1.30 bits per heavy atom. The van der Waals surface area contributed by atoms with Crippen LogP contribution in [0.4, 0.5) is 0 Å². The minimum absolute atomic E-state index is 0.000635. The maximum absolute atomic E-state index is 12.0. The summed E-state index contributed by atoms with van der Waals surface area (Å²) in [6, 6.07) is 0. The number of hydrogen-bond acceptors (Lipinski definition) is 7. The van der Waals surface area contributed by atoms with Crippen LogP contribution in [-0.4, -0.2) is 39.6 Å². The van der Waals surface area contributed by atoms with E-state index in [2.05, 4.69) is 12.2 Å². The average Bonchev–Trinajstić information content (AvgIpc) is 2.75. The molecule has 0 amide bonds. The molecule has 10 heteroatoms. The van der Waals surface area contributed by atoms with Gasteiger partial charge in [-0.25, -0.2) is 0 Å². The summed E-state index contributed by atoms with van der Waals surface area (Å²) in [5, 5.41) is 0. The number of thiol groups is 1. The monoisotopic (exact) mass is 362 g/mol. The highest BCUT2D eigenvalue weighted by Crippen LogP contribution is 2.55. The van der Waals surface area contributed by atoms with Gasteiger partial charge in [-0.05, 0) is 24.8 Å². The van der Waals surface area contributed by atoms with Gasteiger partial charge in [-0.3, -0.25) is 4.57 Å². The van der Waals surface area contributed by atoms with Gasteiger partial charge in [0.15, 0.2) is 0 Å². The van der Waals surface area contributed by atoms with Crippen molar-refractivity contribution in [2.45, 2.75) is 31.7 Å². The third-order valence-corrected chi connectivity index (χ3v) is 6.82. The maximum atomic E-state index is 12.0. The van der Waals surface area contributed by atoms with Gasteiger partial charge in [0.05, 0.1) is 12.2 Å². The Bertz CT molecular complexity index is 435. The maximum Gasteiger partial charge on any atom is 0.353 e.